The Morgan fingerprint density at radius 1 is 1.47 bits per heavy atom. The lowest BCUT2D eigenvalue weighted by atomic mass is 10.2. The second kappa shape index (κ2) is 6.19. The summed E-state index contributed by atoms with van der Waals surface area (Å²) in [6, 6.07) is 0.271. The van der Waals surface area contributed by atoms with Crippen LogP contribution in [0.15, 0.2) is 12.4 Å². The van der Waals surface area contributed by atoms with Gasteiger partial charge >= 0.3 is 5.97 Å². The first-order valence-corrected chi connectivity index (χ1v) is 6.61. The highest BCUT2D eigenvalue weighted by molar-refractivity contribution is 5.72. The number of aryl methyl sites for hydroxylation is 1. The van der Waals surface area contributed by atoms with Crippen LogP contribution in [0.2, 0.25) is 0 Å². The van der Waals surface area contributed by atoms with Crippen molar-refractivity contribution in [3.05, 3.63) is 18.0 Å². The molecule has 0 spiro atoms. The van der Waals surface area contributed by atoms with Crippen LogP contribution < -0.4 is 0 Å². The van der Waals surface area contributed by atoms with Crippen LogP contribution in [0.4, 0.5) is 0 Å². The van der Waals surface area contributed by atoms with E-state index in [2.05, 4.69) is 23.8 Å². The molecule has 5 heteroatoms. The van der Waals surface area contributed by atoms with Crippen LogP contribution >= 0.6 is 0 Å². The molecule has 108 valence electrons. The van der Waals surface area contributed by atoms with Crippen LogP contribution in [0.3, 0.4) is 0 Å². The molecule has 0 radical (unpaired) electrons. The second-order valence-electron chi connectivity index (χ2n) is 6.11. The maximum Gasteiger partial charge on any atom is 0.320 e. The molecule has 0 aromatic carbocycles. The number of hydrogen-bond acceptors (Lipinski definition) is 4. The molecule has 0 N–H and O–H groups in total. The molecule has 1 rings (SSSR count). The number of rotatable bonds is 5. The molecule has 0 saturated carbocycles. The topological polar surface area (TPSA) is 47.4 Å². The van der Waals surface area contributed by atoms with Gasteiger partial charge in [0.05, 0.1) is 12.7 Å². The Labute approximate surface area is 115 Å². The number of esters is 1. The van der Waals surface area contributed by atoms with Crippen molar-refractivity contribution in [3.8, 4) is 0 Å². The van der Waals surface area contributed by atoms with Crippen molar-refractivity contribution >= 4 is 5.97 Å². The highest BCUT2D eigenvalue weighted by atomic mass is 16.6. The molecule has 0 bridgehead atoms. The summed E-state index contributed by atoms with van der Waals surface area (Å²) in [6.45, 7) is 10.8. The summed E-state index contributed by atoms with van der Waals surface area (Å²) in [5, 5.41) is 4.14. The molecule has 0 aliphatic rings. The largest absolute Gasteiger partial charge is 0.459 e. The minimum atomic E-state index is -0.436. The van der Waals surface area contributed by atoms with Crippen molar-refractivity contribution in [3.63, 3.8) is 0 Å². The van der Waals surface area contributed by atoms with Gasteiger partial charge in [-0.2, -0.15) is 5.10 Å². The fourth-order valence-electron chi connectivity index (χ4n) is 1.75. The normalized spacial score (nSPS) is 12.2. The van der Waals surface area contributed by atoms with E-state index in [-0.39, 0.29) is 12.0 Å². The molecule has 0 saturated heterocycles. The molecule has 0 fully saturated rings. The lowest BCUT2D eigenvalue weighted by Gasteiger charge is -2.27. The fourth-order valence-corrected chi connectivity index (χ4v) is 1.75. The van der Waals surface area contributed by atoms with Crippen molar-refractivity contribution in [2.75, 3.05) is 6.54 Å². The molecule has 19 heavy (non-hydrogen) atoms. The Hall–Kier alpha value is -1.36. The van der Waals surface area contributed by atoms with E-state index < -0.39 is 5.60 Å². The van der Waals surface area contributed by atoms with Gasteiger partial charge in [0.25, 0.3) is 0 Å². The lowest BCUT2D eigenvalue weighted by Crippen LogP contribution is -2.38. The van der Waals surface area contributed by atoms with Crippen molar-refractivity contribution in [2.24, 2.45) is 7.05 Å². The van der Waals surface area contributed by atoms with Gasteiger partial charge < -0.3 is 4.74 Å². The van der Waals surface area contributed by atoms with Crippen molar-refractivity contribution in [1.82, 2.24) is 14.7 Å². The van der Waals surface area contributed by atoms with Crippen LogP contribution in [0, 0.1) is 0 Å². The predicted octanol–water partition coefficient (Wildman–Crippen LogP) is 1.97. The number of hydrogen-bond donors (Lipinski definition) is 0. The van der Waals surface area contributed by atoms with Crippen LogP contribution in [-0.2, 0) is 23.1 Å². The monoisotopic (exact) mass is 267 g/mol. The van der Waals surface area contributed by atoms with Crippen LogP contribution in [0.5, 0.6) is 0 Å². The van der Waals surface area contributed by atoms with Gasteiger partial charge in [-0.1, -0.05) is 0 Å². The highest BCUT2D eigenvalue weighted by Gasteiger charge is 2.20. The number of ether oxygens (including phenoxy) is 1. The average molecular weight is 267 g/mol. The summed E-state index contributed by atoms with van der Waals surface area (Å²) in [4.78, 5) is 14.0. The zero-order valence-electron chi connectivity index (χ0n) is 12.8. The number of carbonyl (C=O) groups is 1. The maximum atomic E-state index is 11.9. The third-order valence-corrected chi connectivity index (χ3v) is 2.63. The van der Waals surface area contributed by atoms with Crippen LogP contribution in [-0.4, -0.2) is 38.8 Å². The molecular weight excluding hydrogens is 242 g/mol. The molecular formula is C14H25N3O2. The summed E-state index contributed by atoms with van der Waals surface area (Å²) >= 11 is 0. The Morgan fingerprint density at radius 3 is 2.53 bits per heavy atom. The fraction of sp³-hybridized carbons (Fsp3) is 0.714. The van der Waals surface area contributed by atoms with E-state index in [9.17, 15) is 4.79 Å². The van der Waals surface area contributed by atoms with E-state index in [0.717, 1.165) is 5.56 Å². The Kier molecular flexibility index (Phi) is 5.11. The lowest BCUT2D eigenvalue weighted by molar-refractivity contribution is -0.156. The molecule has 1 aromatic heterocycles. The van der Waals surface area contributed by atoms with Crippen molar-refractivity contribution in [1.29, 1.82) is 0 Å². The third-order valence-electron chi connectivity index (χ3n) is 2.63. The van der Waals surface area contributed by atoms with Gasteiger partial charge in [0, 0.05) is 31.4 Å². The smallest absolute Gasteiger partial charge is 0.320 e. The van der Waals surface area contributed by atoms with Crippen LogP contribution in [0.1, 0.15) is 40.2 Å². The molecule has 0 atom stereocenters. The number of carbonyl (C=O) groups excluding carboxylic acids is 1. The van der Waals surface area contributed by atoms with Gasteiger partial charge in [-0.3, -0.25) is 14.4 Å². The Morgan fingerprint density at radius 2 is 2.11 bits per heavy atom. The molecule has 0 amide bonds. The Bertz CT molecular complexity index is 419. The molecule has 0 aliphatic carbocycles. The summed E-state index contributed by atoms with van der Waals surface area (Å²) in [5.74, 6) is -0.190. The van der Waals surface area contributed by atoms with E-state index in [0.29, 0.717) is 13.1 Å². The minimum Gasteiger partial charge on any atom is -0.459 e. The van der Waals surface area contributed by atoms with Gasteiger partial charge in [-0.05, 0) is 34.6 Å². The SMILES string of the molecule is CC(C)N(CC(=O)OC(C)(C)C)Cc1cnn(C)c1. The Balaban J connectivity index is 2.61. The minimum absolute atomic E-state index is 0.190. The molecule has 5 nitrogen and oxygen atoms in total. The zero-order chi connectivity index (χ0) is 14.6. The molecule has 1 heterocycles. The van der Waals surface area contributed by atoms with E-state index in [1.165, 1.54) is 0 Å². The van der Waals surface area contributed by atoms with Crippen molar-refractivity contribution in [2.45, 2.75) is 52.8 Å². The summed E-state index contributed by atoms with van der Waals surface area (Å²) in [7, 11) is 1.89. The van der Waals surface area contributed by atoms with E-state index in [1.807, 2.05) is 40.2 Å². The first-order valence-electron chi connectivity index (χ1n) is 6.61. The maximum absolute atomic E-state index is 11.9. The van der Waals surface area contributed by atoms with Gasteiger partial charge in [0.1, 0.15) is 5.60 Å². The average Bonchev–Trinajstić information content (AvgIpc) is 2.60. The number of nitrogens with zero attached hydrogens (tertiary/aromatic N) is 3. The standard InChI is InChI=1S/C14H25N3O2/c1-11(2)17(9-12-7-15-16(6)8-12)10-13(18)19-14(3,4)5/h7-8,11H,9-10H2,1-6H3. The van der Waals surface area contributed by atoms with Crippen molar-refractivity contribution < 1.29 is 9.53 Å². The summed E-state index contributed by atoms with van der Waals surface area (Å²) in [6.07, 6.45) is 3.79. The van der Waals surface area contributed by atoms with Gasteiger partial charge in [0.2, 0.25) is 0 Å². The van der Waals surface area contributed by atoms with Gasteiger partial charge in [-0.25, -0.2) is 0 Å². The summed E-state index contributed by atoms with van der Waals surface area (Å²) in [5.41, 5.74) is 0.661. The van der Waals surface area contributed by atoms with E-state index in [1.54, 1.807) is 4.68 Å². The molecule has 0 aliphatic heterocycles. The van der Waals surface area contributed by atoms with Gasteiger partial charge in [0.15, 0.2) is 0 Å². The quantitative estimate of drug-likeness (QED) is 0.765. The van der Waals surface area contributed by atoms with E-state index in [4.69, 9.17) is 4.74 Å². The summed E-state index contributed by atoms with van der Waals surface area (Å²) < 4.78 is 7.13. The van der Waals surface area contributed by atoms with Gasteiger partial charge in [-0.15, -0.1) is 0 Å². The van der Waals surface area contributed by atoms with Crippen LogP contribution in [0.25, 0.3) is 0 Å². The zero-order valence-corrected chi connectivity index (χ0v) is 12.8. The third kappa shape index (κ3) is 5.87. The van der Waals surface area contributed by atoms with E-state index >= 15 is 0 Å². The predicted molar refractivity (Wildman–Crippen MR) is 74.6 cm³/mol. The second-order valence-corrected chi connectivity index (χ2v) is 6.11. The molecule has 1 aromatic rings. The highest BCUT2D eigenvalue weighted by Crippen LogP contribution is 2.11. The first-order chi connectivity index (χ1) is 8.67. The number of aromatic nitrogens is 2. The molecule has 0 unspecified atom stereocenters. The first kappa shape index (κ1) is 15.7.